The molecule has 5 nitrogen and oxygen atoms in total. The lowest BCUT2D eigenvalue weighted by atomic mass is 9.74. The minimum absolute atomic E-state index is 0.0918. The Kier molecular flexibility index (Phi) is 5.61. The summed E-state index contributed by atoms with van der Waals surface area (Å²) < 4.78 is 13.9. The Labute approximate surface area is 154 Å². The van der Waals surface area contributed by atoms with Gasteiger partial charge in [-0.3, -0.25) is 9.59 Å². The van der Waals surface area contributed by atoms with Gasteiger partial charge in [0.25, 0.3) is 5.91 Å². The van der Waals surface area contributed by atoms with Crippen molar-refractivity contribution >= 4 is 11.8 Å². The number of hydrogen-bond donors (Lipinski definition) is 1. The quantitative estimate of drug-likeness (QED) is 0.880. The zero-order valence-electron chi connectivity index (χ0n) is 15.4. The van der Waals surface area contributed by atoms with Gasteiger partial charge in [0.15, 0.2) is 0 Å². The molecule has 2 fully saturated rings. The van der Waals surface area contributed by atoms with Gasteiger partial charge in [-0.25, -0.2) is 4.39 Å². The zero-order valence-corrected chi connectivity index (χ0v) is 15.4. The Balaban J connectivity index is 1.66. The smallest absolute Gasteiger partial charge is 0.256 e. The molecule has 0 bridgehead atoms. The second kappa shape index (κ2) is 7.74. The van der Waals surface area contributed by atoms with Crippen LogP contribution in [0, 0.1) is 11.7 Å². The lowest BCUT2D eigenvalue weighted by Crippen LogP contribution is -2.54. The van der Waals surface area contributed by atoms with E-state index in [1.54, 1.807) is 17.0 Å². The SMILES string of the molecule is CC1(N)CCCCC1C(=O)N1CCCN(C(=O)c2ccccc2F)CC1. The summed E-state index contributed by atoms with van der Waals surface area (Å²) in [7, 11) is 0. The number of rotatable bonds is 2. The van der Waals surface area contributed by atoms with Gasteiger partial charge in [0.05, 0.1) is 11.5 Å². The maximum Gasteiger partial charge on any atom is 0.256 e. The van der Waals surface area contributed by atoms with Crippen molar-refractivity contribution < 1.29 is 14.0 Å². The number of carbonyl (C=O) groups is 2. The predicted octanol–water partition coefficient (Wildman–Crippen LogP) is 2.41. The van der Waals surface area contributed by atoms with E-state index in [0.29, 0.717) is 32.6 Å². The Morgan fingerprint density at radius 3 is 2.50 bits per heavy atom. The second-order valence-electron chi connectivity index (χ2n) is 7.76. The average molecular weight is 361 g/mol. The molecule has 1 aliphatic heterocycles. The van der Waals surface area contributed by atoms with Crippen molar-refractivity contribution in [2.45, 2.75) is 44.6 Å². The Morgan fingerprint density at radius 1 is 1.08 bits per heavy atom. The maximum atomic E-state index is 13.9. The van der Waals surface area contributed by atoms with Crippen LogP contribution in [0.15, 0.2) is 24.3 Å². The van der Waals surface area contributed by atoms with E-state index in [0.717, 1.165) is 25.7 Å². The molecule has 0 radical (unpaired) electrons. The van der Waals surface area contributed by atoms with E-state index < -0.39 is 11.4 Å². The maximum absolute atomic E-state index is 13.9. The fourth-order valence-corrected chi connectivity index (χ4v) is 4.13. The van der Waals surface area contributed by atoms with E-state index in [2.05, 4.69) is 0 Å². The van der Waals surface area contributed by atoms with Gasteiger partial charge in [-0.1, -0.05) is 25.0 Å². The molecular weight excluding hydrogens is 333 g/mol. The molecule has 1 heterocycles. The topological polar surface area (TPSA) is 66.6 Å². The third-order valence-electron chi connectivity index (χ3n) is 5.75. The van der Waals surface area contributed by atoms with Crippen LogP contribution < -0.4 is 5.73 Å². The van der Waals surface area contributed by atoms with Gasteiger partial charge in [0.1, 0.15) is 5.82 Å². The minimum Gasteiger partial charge on any atom is -0.341 e. The normalized spacial score (nSPS) is 27.1. The van der Waals surface area contributed by atoms with Gasteiger partial charge in [0.2, 0.25) is 5.91 Å². The van der Waals surface area contributed by atoms with Gasteiger partial charge in [-0.2, -0.15) is 0 Å². The molecule has 2 amide bonds. The summed E-state index contributed by atoms with van der Waals surface area (Å²) in [5, 5.41) is 0. The largest absolute Gasteiger partial charge is 0.341 e. The van der Waals surface area contributed by atoms with E-state index in [1.165, 1.54) is 12.1 Å². The third kappa shape index (κ3) is 3.90. The van der Waals surface area contributed by atoms with Crippen LogP contribution >= 0.6 is 0 Å². The number of carbonyl (C=O) groups excluding carboxylic acids is 2. The van der Waals surface area contributed by atoms with Crippen LogP contribution in [0.5, 0.6) is 0 Å². The van der Waals surface area contributed by atoms with Crippen LogP contribution in [0.3, 0.4) is 0 Å². The van der Waals surface area contributed by atoms with E-state index in [-0.39, 0.29) is 23.3 Å². The molecule has 3 rings (SSSR count). The highest BCUT2D eigenvalue weighted by molar-refractivity contribution is 5.94. The van der Waals surface area contributed by atoms with Crippen LogP contribution in [-0.4, -0.2) is 53.3 Å². The molecule has 26 heavy (non-hydrogen) atoms. The highest BCUT2D eigenvalue weighted by atomic mass is 19.1. The van der Waals surface area contributed by atoms with Crippen molar-refractivity contribution in [1.82, 2.24) is 9.80 Å². The summed E-state index contributed by atoms with van der Waals surface area (Å²) in [6.45, 7) is 4.02. The van der Waals surface area contributed by atoms with Gasteiger partial charge in [-0.15, -0.1) is 0 Å². The molecule has 0 aromatic heterocycles. The molecule has 1 saturated heterocycles. The van der Waals surface area contributed by atoms with Crippen molar-refractivity contribution in [3.05, 3.63) is 35.6 Å². The van der Waals surface area contributed by atoms with E-state index >= 15 is 0 Å². The molecule has 1 aromatic rings. The molecule has 1 saturated carbocycles. The van der Waals surface area contributed by atoms with Gasteiger partial charge < -0.3 is 15.5 Å². The first-order chi connectivity index (χ1) is 12.4. The van der Waals surface area contributed by atoms with E-state index in [4.69, 9.17) is 5.73 Å². The summed E-state index contributed by atoms with van der Waals surface area (Å²) in [6.07, 6.45) is 4.51. The molecule has 2 N–H and O–H groups in total. The van der Waals surface area contributed by atoms with Crippen molar-refractivity contribution in [2.75, 3.05) is 26.2 Å². The molecular formula is C20H28FN3O2. The number of amides is 2. The summed E-state index contributed by atoms with van der Waals surface area (Å²) in [5.41, 5.74) is 6.02. The van der Waals surface area contributed by atoms with Crippen molar-refractivity contribution in [2.24, 2.45) is 11.7 Å². The average Bonchev–Trinajstić information content (AvgIpc) is 2.87. The number of halogens is 1. The number of hydrogen-bond acceptors (Lipinski definition) is 3. The van der Waals surface area contributed by atoms with Crippen LogP contribution in [0.1, 0.15) is 49.4 Å². The molecule has 1 aliphatic carbocycles. The van der Waals surface area contributed by atoms with E-state index in [1.807, 2.05) is 11.8 Å². The van der Waals surface area contributed by atoms with Crippen LogP contribution in [0.2, 0.25) is 0 Å². The molecule has 0 spiro atoms. The van der Waals surface area contributed by atoms with Crippen molar-refractivity contribution in [3.8, 4) is 0 Å². The van der Waals surface area contributed by atoms with Crippen LogP contribution in [0.4, 0.5) is 4.39 Å². The predicted molar refractivity (Wildman–Crippen MR) is 98.1 cm³/mol. The summed E-state index contributed by atoms with van der Waals surface area (Å²) in [6, 6.07) is 6.04. The lowest BCUT2D eigenvalue weighted by Gasteiger charge is -2.39. The summed E-state index contributed by atoms with van der Waals surface area (Å²) in [4.78, 5) is 29.1. The lowest BCUT2D eigenvalue weighted by molar-refractivity contribution is -0.138. The van der Waals surface area contributed by atoms with Crippen LogP contribution in [-0.2, 0) is 4.79 Å². The molecule has 6 heteroatoms. The standard InChI is InChI=1S/C20H28FN3O2/c1-20(22)10-5-4-8-16(20)19(26)24-12-6-11-23(13-14-24)18(25)15-7-2-3-9-17(15)21/h2-3,7,9,16H,4-6,8,10-14,22H2,1H3. The first-order valence-corrected chi connectivity index (χ1v) is 9.51. The van der Waals surface area contributed by atoms with Crippen LogP contribution in [0.25, 0.3) is 0 Å². The monoisotopic (exact) mass is 361 g/mol. The minimum atomic E-state index is -0.504. The highest BCUT2D eigenvalue weighted by Gasteiger charge is 2.40. The molecule has 142 valence electrons. The molecule has 2 unspecified atom stereocenters. The third-order valence-corrected chi connectivity index (χ3v) is 5.75. The number of benzene rings is 1. The summed E-state index contributed by atoms with van der Waals surface area (Å²) >= 11 is 0. The first kappa shape index (κ1) is 18.8. The van der Waals surface area contributed by atoms with Crippen molar-refractivity contribution in [3.63, 3.8) is 0 Å². The Morgan fingerprint density at radius 2 is 1.77 bits per heavy atom. The highest BCUT2D eigenvalue weighted by Crippen LogP contribution is 2.33. The number of nitrogens with zero attached hydrogens (tertiary/aromatic N) is 2. The zero-order chi connectivity index (χ0) is 18.7. The van der Waals surface area contributed by atoms with Gasteiger partial charge in [0, 0.05) is 31.7 Å². The summed E-state index contributed by atoms with van der Waals surface area (Å²) in [5.74, 6) is -0.852. The van der Waals surface area contributed by atoms with E-state index in [9.17, 15) is 14.0 Å². The molecule has 1 aromatic carbocycles. The second-order valence-corrected chi connectivity index (χ2v) is 7.76. The molecule has 2 atom stereocenters. The Hall–Kier alpha value is -1.95. The fraction of sp³-hybridized carbons (Fsp3) is 0.600. The fourth-order valence-electron chi connectivity index (χ4n) is 4.13. The molecule has 2 aliphatic rings. The van der Waals surface area contributed by atoms with Gasteiger partial charge >= 0.3 is 0 Å². The van der Waals surface area contributed by atoms with Crippen molar-refractivity contribution in [1.29, 1.82) is 0 Å². The Bertz CT molecular complexity index is 677. The van der Waals surface area contributed by atoms with Gasteiger partial charge in [-0.05, 0) is 38.3 Å². The number of nitrogens with two attached hydrogens (primary N) is 1. The first-order valence-electron chi connectivity index (χ1n) is 9.51.